The van der Waals surface area contributed by atoms with Gasteiger partial charge in [0.25, 0.3) is 0 Å². The summed E-state index contributed by atoms with van der Waals surface area (Å²) in [7, 11) is 1.83. The zero-order valence-corrected chi connectivity index (χ0v) is 20.2. The van der Waals surface area contributed by atoms with E-state index in [0.717, 1.165) is 16.0 Å². The number of hydrogen-bond acceptors (Lipinski definition) is 4. The van der Waals surface area contributed by atoms with E-state index in [4.69, 9.17) is 9.47 Å². The highest BCUT2D eigenvalue weighted by atomic mass is 127. The predicted octanol–water partition coefficient (Wildman–Crippen LogP) is 1.86. The molecule has 0 spiro atoms. The highest BCUT2D eigenvalue weighted by Gasteiger charge is 2.34. The third kappa shape index (κ3) is 7.64. The Morgan fingerprint density at radius 1 is 0.828 bits per heavy atom. The van der Waals surface area contributed by atoms with Gasteiger partial charge in [-0.2, -0.15) is 4.90 Å². The second-order valence-corrected chi connectivity index (χ2v) is 8.61. The van der Waals surface area contributed by atoms with Gasteiger partial charge in [-0.05, 0) is 53.2 Å². The summed E-state index contributed by atoms with van der Waals surface area (Å²) in [5.74, 6) is 0. The molecule has 0 atom stereocenters. The normalized spacial score (nSPS) is 11.3. The summed E-state index contributed by atoms with van der Waals surface area (Å²) in [6.45, 7) is 10.5. The lowest BCUT2D eigenvalue weighted by Crippen LogP contribution is -3.00. The molecule has 0 saturated carbocycles. The molecule has 2 amide bonds. The number of carbonyl (C=O) groups is 2. The Morgan fingerprint density at radius 2 is 1.31 bits per heavy atom. The highest BCUT2D eigenvalue weighted by Crippen LogP contribution is 2.25. The van der Waals surface area contributed by atoms with Crippen LogP contribution in [0.2, 0.25) is 0 Å². The number of pyridine rings is 1. The summed E-state index contributed by atoms with van der Waals surface area (Å²) >= 11 is 0. The molecule has 0 radical (unpaired) electrons. The third-order valence-corrected chi connectivity index (χ3v) is 3.50. The van der Waals surface area contributed by atoms with Crippen LogP contribution in [-0.2, 0) is 16.5 Å². The van der Waals surface area contributed by atoms with Crippen molar-refractivity contribution in [1.82, 2.24) is 0 Å². The fourth-order valence-electron chi connectivity index (χ4n) is 2.51. The zero-order chi connectivity index (χ0) is 21.1. The van der Waals surface area contributed by atoms with Gasteiger partial charge in [-0.3, -0.25) is 0 Å². The van der Waals surface area contributed by atoms with E-state index >= 15 is 0 Å². The maximum atomic E-state index is 12.8. The number of carbonyl (C=O) groups excluding carboxylic acids is 2. The molecule has 0 saturated heterocycles. The van der Waals surface area contributed by atoms with Crippen molar-refractivity contribution in [2.24, 2.45) is 7.05 Å². The Kier molecular flexibility index (Phi) is 8.20. The van der Waals surface area contributed by atoms with Crippen LogP contribution < -0.4 is 33.4 Å². The average molecular weight is 512 g/mol. The molecule has 0 bridgehead atoms. The molecule has 6 nitrogen and oxygen atoms in total. The van der Waals surface area contributed by atoms with E-state index in [0.29, 0.717) is 5.69 Å². The minimum atomic E-state index is -0.785. The molecule has 1 aromatic heterocycles. The van der Waals surface area contributed by atoms with Crippen LogP contribution in [-0.4, -0.2) is 23.4 Å². The lowest BCUT2D eigenvalue weighted by molar-refractivity contribution is -0.670. The van der Waals surface area contributed by atoms with E-state index in [1.165, 1.54) is 0 Å². The van der Waals surface area contributed by atoms with Crippen molar-refractivity contribution in [3.05, 3.63) is 48.8 Å². The summed E-state index contributed by atoms with van der Waals surface area (Å²) in [5.41, 5.74) is 0.686. The number of rotatable bonds is 2. The fraction of sp³-hybridized carbons (Fsp3) is 0.409. The van der Waals surface area contributed by atoms with E-state index in [-0.39, 0.29) is 24.0 Å². The molecule has 0 N–H and O–H groups in total. The van der Waals surface area contributed by atoms with Gasteiger partial charge in [0.1, 0.15) is 23.9 Å². The molecular weight excluding hydrogens is 483 g/mol. The van der Waals surface area contributed by atoms with Crippen LogP contribution in [0.25, 0.3) is 11.1 Å². The summed E-state index contributed by atoms with van der Waals surface area (Å²) in [5, 5.41) is 0. The molecule has 0 fully saturated rings. The average Bonchev–Trinajstić information content (AvgIpc) is 2.51. The van der Waals surface area contributed by atoms with Gasteiger partial charge in [0.05, 0.1) is 0 Å². The van der Waals surface area contributed by atoms with Crippen LogP contribution >= 0.6 is 0 Å². The first-order chi connectivity index (χ1) is 12.9. The van der Waals surface area contributed by atoms with E-state index < -0.39 is 23.4 Å². The first-order valence-corrected chi connectivity index (χ1v) is 9.17. The van der Waals surface area contributed by atoms with Gasteiger partial charge in [0, 0.05) is 5.56 Å². The molecule has 2 aromatic rings. The standard InChI is InChI=1S/C22H29N2O4.HI/c1-21(2,3)27-19(25)24(20(26)28-22(4,5)6)18-13-17(14-23(7)15-18)16-11-9-8-10-12-16;/h8-15H,1-7H3;1H/q+1;/p-1. The molecule has 0 aliphatic carbocycles. The molecular formula is C22H29IN2O4. The van der Waals surface area contributed by atoms with Gasteiger partial charge in [-0.15, -0.1) is 0 Å². The SMILES string of the molecule is C[n+]1cc(-c2ccccc2)cc(N(C(=O)OC(C)(C)C)C(=O)OC(C)(C)C)c1.[I-]. The number of aromatic nitrogens is 1. The quantitative estimate of drug-likeness (QED) is 0.456. The topological polar surface area (TPSA) is 59.7 Å². The lowest BCUT2D eigenvalue weighted by atomic mass is 10.1. The summed E-state index contributed by atoms with van der Waals surface area (Å²) in [6, 6.07) is 11.5. The Hall–Kier alpha value is -2.16. The van der Waals surface area contributed by atoms with Crippen LogP contribution in [0, 0.1) is 0 Å². The number of amides is 2. The number of halogens is 1. The molecule has 1 heterocycles. The van der Waals surface area contributed by atoms with Crippen molar-refractivity contribution in [1.29, 1.82) is 0 Å². The van der Waals surface area contributed by atoms with Crippen molar-refractivity contribution in [3.63, 3.8) is 0 Å². The third-order valence-electron chi connectivity index (χ3n) is 3.50. The van der Waals surface area contributed by atoms with E-state index in [1.807, 2.05) is 43.6 Å². The van der Waals surface area contributed by atoms with Crippen LogP contribution in [0.15, 0.2) is 48.8 Å². The summed E-state index contributed by atoms with van der Waals surface area (Å²) in [4.78, 5) is 26.6. The van der Waals surface area contributed by atoms with Crippen molar-refractivity contribution in [3.8, 4) is 11.1 Å². The first kappa shape index (κ1) is 24.9. The number of ether oxygens (including phenoxy) is 2. The number of anilines is 1. The first-order valence-electron chi connectivity index (χ1n) is 9.17. The van der Waals surface area contributed by atoms with Crippen LogP contribution in [0.1, 0.15) is 41.5 Å². The van der Waals surface area contributed by atoms with Crippen LogP contribution in [0.4, 0.5) is 15.3 Å². The Labute approximate surface area is 189 Å². The van der Waals surface area contributed by atoms with Gasteiger partial charge in [-0.25, -0.2) is 14.2 Å². The minimum Gasteiger partial charge on any atom is -1.00 e. The lowest BCUT2D eigenvalue weighted by Gasteiger charge is -2.28. The monoisotopic (exact) mass is 512 g/mol. The van der Waals surface area contributed by atoms with E-state index in [2.05, 4.69) is 0 Å². The Balaban J connectivity index is 0.00000420. The maximum absolute atomic E-state index is 12.8. The van der Waals surface area contributed by atoms with E-state index in [1.54, 1.807) is 58.4 Å². The largest absolute Gasteiger partial charge is 1.00 e. The second kappa shape index (κ2) is 9.56. The molecule has 0 unspecified atom stereocenters. The highest BCUT2D eigenvalue weighted by molar-refractivity contribution is 6.09. The van der Waals surface area contributed by atoms with Crippen LogP contribution in [0.5, 0.6) is 0 Å². The molecule has 0 aliphatic heterocycles. The van der Waals surface area contributed by atoms with Crippen molar-refractivity contribution >= 4 is 17.9 Å². The predicted molar refractivity (Wildman–Crippen MR) is 108 cm³/mol. The van der Waals surface area contributed by atoms with Crippen molar-refractivity contribution in [2.45, 2.75) is 52.7 Å². The maximum Gasteiger partial charge on any atom is 0.424 e. The summed E-state index contributed by atoms with van der Waals surface area (Å²) < 4.78 is 12.7. The van der Waals surface area contributed by atoms with Crippen molar-refractivity contribution in [2.75, 3.05) is 4.90 Å². The summed E-state index contributed by atoms with van der Waals surface area (Å²) in [6.07, 6.45) is 2.03. The fourth-order valence-corrected chi connectivity index (χ4v) is 2.51. The van der Waals surface area contributed by atoms with Crippen molar-refractivity contribution < 1.29 is 47.6 Å². The molecule has 158 valence electrons. The molecule has 2 rings (SSSR count). The number of benzene rings is 1. The molecule has 29 heavy (non-hydrogen) atoms. The second-order valence-electron chi connectivity index (χ2n) is 8.61. The van der Waals surface area contributed by atoms with E-state index in [9.17, 15) is 9.59 Å². The van der Waals surface area contributed by atoms with Gasteiger partial charge >= 0.3 is 12.2 Å². The molecule has 7 heteroatoms. The van der Waals surface area contributed by atoms with Gasteiger partial charge in [0.2, 0.25) is 0 Å². The number of imide groups is 1. The molecule has 0 aliphatic rings. The smallest absolute Gasteiger partial charge is 0.424 e. The number of aryl methyl sites for hydroxylation is 1. The zero-order valence-electron chi connectivity index (χ0n) is 18.0. The molecule has 1 aromatic carbocycles. The van der Waals surface area contributed by atoms with Crippen LogP contribution in [0.3, 0.4) is 0 Å². The Morgan fingerprint density at radius 3 is 1.76 bits per heavy atom. The Bertz CT molecular complexity index is 827. The number of hydrogen-bond donors (Lipinski definition) is 0. The van der Waals surface area contributed by atoms with Gasteiger partial charge in [0.15, 0.2) is 12.4 Å². The van der Waals surface area contributed by atoms with Gasteiger partial charge in [-0.1, -0.05) is 30.3 Å². The van der Waals surface area contributed by atoms with Gasteiger partial charge < -0.3 is 33.5 Å². The minimum absolute atomic E-state index is 0. The number of nitrogens with zero attached hydrogens (tertiary/aromatic N) is 2.